The van der Waals surface area contributed by atoms with Crippen LogP contribution in [0.25, 0.3) is 11.1 Å². The molecule has 2 aromatic rings. The standard InChI is InChI=1S/C12H10FNO/c1-15-11-8-14-7-10(12(11)13)9-5-3-2-4-6-9/h2-8H,1H3. The van der Waals surface area contributed by atoms with Crippen LogP contribution in [0.5, 0.6) is 5.75 Å². The van der Waals surface area contributed by atoms with Crippen LogP contribution in [0, 0.1) is 5.82 Å². The van der Waals surface area contributed by atoms with Crippen molar-refractivity contribution in [1.29, 1.82) is 0 Å². The summed E-state index contributed by atoms with van der Waals surface area (Å²) >= 11 is 0. The lowest BCUT2D eigenvalue weighted by Crippen LogP contribution is -1.92. The van der Waals surface area contributed by atoms with Crippen molar-refractivity contribution < 1.29 is 9.13 Å². The topological polar surface area (TPSA) is 22.1 Å². The molecule has 0 aliphatic heterocycles. The number of halogens is 1. The molecule has 0 N–H and O–H groups in total. The van der Waals surface area contributed by atoms with Gasteiger partial charge in [0.25, 0.3) is 0 Å². The Hall–Kier alpha value is -1.90. The SMILES string of the molecule is COc1cncc(-c2ccccc2)c1F. The van der Waals surface area contributed by atoms with Crippen LogP contribution in [0.4, 0.5) is 4.39 Å². The first-order valence-electron chi connectivity index (χ1n) is 4.56. The minimum absolute atomic E-state index is 0.163. The van der Waals surface area contributed by atoms with Crippen LogP contribution in [0.3, 0.4) is 0 Å². The molecule has 76 valence electrons. The molecule has 0 spiro atoms. The quantitative estimate of drug-likeness (QED) is 0.748. The molecule has 0 saturated carbocycles. The van der Waals surface area contributed by atoms with E-state index in [2.05, 4.69) is 4.98 Å². The minimum Gasteiger partial charge on any atom is -0.492 e. The van der Waals surface area contributed by atoms with E-state index in [0.717, 1.165) is 5.56 Å². The molecule has 0 radical (unpaired) electrons. The molecule has 0 atom stereocenters. The largest absolute Gasteiger partial charge is 0.492 e. The van der Waals surface area contributed by atoms with Crippen molar-refractivity contribution in [3.05, 3.63) is 48.5 Å². The van der Waals surface area contributed by atoms with E-state index >= 15 is 0 Å². The molecule has 2 nitrogen and oxygen atoms in total. The molecule has 0 amide bonds. The molecule has 0 fully saturated rings. The molecule has 3 heteroatoms. The number of aromatic nitrogens is 1. The third-order valence-electron chi connectivity index (χ3n) is 2.15. The van der Waals surface area contributed by atoms with Gasteiger partial charge in [0, 0.05) is 11.8 Å². The van der Waals surface area contributed by atoms with Crippen molar-refractivity contribution in [2.45, 2.75) is 0 Å². The maximum absolute atomic E-state index is 13.8. The Kier molecular flexibility index (Phi) is 2.63. The number of ether oxygens (including phenoxy) is 1. The van der Waals surface area contributed by atoms with Crippen LogP contribution in [0.1, 0.15) is 0 Å². The maximum Gasteiger partial charge on any atom is 0.176 e. The Labute approximate surface area is 87.4 Å². The molecule has 0 saturated heterocycles. The molecule has 0 bridgehead atoms. The van der Waals surface area contributed by atoms with Crippen LogP contribution in [0.15, 0.2) is 42.7 Å². The first kappa shape index (κ1) is 9.65. The number of hydrogen-bond donors (Lipinski definition) is 0. The molecule has 0 aliphatic carbocycles. The van der Waals surface area contributed by atoms with E-state index < -0.39 is 0 Å². The smallest absolute Gasteiger partial charge is 0.176 e. The molecule has 2 rings (SSSR count). The predicted octanol–water partition coefficient (Wildman–Crippen LogP) is 2.90. The average molecular weight is 203 g/mol. The summed E-state index contributed by atoms with van der Waals surface area (Å²) < 4.78 is 18.7. The highest BCUT2D eigenvalue weighted by atomic mass is 19.1. The first-order chi connectivity index (χ1) is 7.33. The van der Waals surface area contributed by atoms with Gasteiger partial charge in [-0.15, -0.1) is 0 Å². The maximum atomic E-state index is 13.8. The van der Waals surface area contributed by atoms with Gasteiger partial charge in [-0.3, -0.25) is 4.98 Å². The lowest BCUT2D eigenvalue weighted by Gasteiger charge is -2.06. The molecule has 0 aliphatic rings. The van der Waals surface area contributed by atoms with Crippen molar-refractivity contribution >= 4 is 0 Å². The van der Waals surface area contributed by atoms with E-state index in [-0.39, 0.29) is 11.6 Å². The summed E-state index contributed by atoms with van der Waals surface area (Å²) in [7, 11) is 1.43. The van der Waals surface area contributed by atoms with Gasteiger partial charge in [-0.05, 0) is 5.56 Å². The average Bonchev–Trinajstić information content (AvgIpc) is 2.30. The van der Waals surface area contributed by atoms with Crippen LogP contribution in [0.2, 0.25) is 0 Å². The van der Waals surface area contributed by atoms with E-state index in [4.69, 9.17) is 4.74 Å². The van der Waals surface area contributed by atoms with Gasteiger partial charge >= 0.3 is 0 Å². The Balaban J connectivity index is 2.54. The summed E-state index contributed by atoms with van der Waals surface area (Å²) in [4.78, 5) is 3.93. The number of pyridine rings is 1. The van der Waals surface area contributed by atoms with Gasteiger partial charge < -0.3 is 4.74 Å². The zero-order valence-corrected chi connectivity index (χ0v) is 8.27. The van der Waals surface area contributed by atoms with Crippen molar-refractivity contribution in [2.75, 3.05) is 7.11 Å². The lowest BCUT2D eigenvalue weighted by molar-refractivity contribution is 0.385. The Bertz CT molecular complexity index is 456. The molecule has 1 aromatic carbocycles. The zero-order chi connectivity index (χ0) is 10.7. The summed E-state index contributed by atoms with van der Waals surface area (Å²) in [6.45, 7) is 0. The molecule has 15 heavy (non-hydrogen) atoms. The molecular weight excluding hydrogens is 193 g/mol. The molecule has 0 unspecified atom stereocenters. The Morgan fingerprint density at radius 1 is 1.13 bits per heavy atom. The van der Waals surface area contributed by atoms with E-state index in [1.165, 1.54) is 19.5 Å². The highest BCUT2D eigenvalue weighted by Gasteiger charge is 2.10. The fourth-order valence-corrected chi connectivity index (χ4v) is 1.39. The summed E-state index contributed by atoms with van der Waals surface area (Å²) in [5.74, 6) is -0.213. The van der Waals surface area contributed by atoms with E-state index in [9.17, 15) is 4.39 Å². The second-order valence-electron chi connectivity index (χ2n) is 3.07. The van der Waals surface area contributed by atoms with Gasteiger partial charge in [-0.25, -0.2) is 4.39 Å². The summed E-state index contributed by atoms with van der Waals surface area (Å²) in [5.41, 5.74) is 1.25. The number of methoxy groups -OCH3 is 1. The first-order valence-corrected chi connectivity index (χ1v) is 4.56. The zero-order valence-electron chi connectivity index (χ0n) is 8.27. The minimum atomic E-state index is -0.376. The van der Waals surface area contributed by atoms with Crippen LogP contribution in [-0.4, -0.2) is 12.1 Å². The van der Waals surface area contributed by atoms with Crippen molar-refractivity contribution in [3.63, 3.8) is 0 Å². The van der Waals surface area contributed by atoms with E-state index in [0.29, 0.717) is 5.56 Å². The third kappa shape index (κ3) is 1.81. The van der Waals surface area contributed by atoms with Crippen molar-refractivity contribution in [1.82, 2.24) is 4.98 Å². The van der Waals surface area contributed by atoms with Gasteiger partial charge in [0.1, 0.15) is 0 Å². The monoisotopic (exact) mass is 203 g/mol. The highest BCUT2D eigenvalue weighted by Crippen LogP contribution is 2.27. The summed E-state index contributed by atoms with van der Waals surface area (Å²) in [6, 6.07) is 9.26. The fourth-order valence-electron chi connectivity index (χ4n) is 1.39. The molecule has 1 heterocycles. The number of nitrogens with zero attached hydrogens (tertiary/aromatic N) is 1. The van der Waals surface area contributed by atoms with Gasteiger partial charge in [-0.1, -0.05) is 30.3 Å². The molecule has 1 aromatic heterocycles. The number of hydrogen-bond acceptors (Lipinski definition) is 2. The Morgan fingerprint density at radius 2 is 1.87 bits per heavy atom. The predicted molar refractivity (Wildman–Crippen MR) is 56.2 cm³/mol. The van der Waals surface area contributed by atoms with Gasteiger partial charge in [-0.2, -0.15) is 0 Å². The van der Waals surface area contributed by atoms with E-state index in [1.54, 1.807) is 0 Å². The normalized spacial score (nSPS) is 10.0. The van der Waals surface area contributed by atoms with Crippen LogP contribution < -0.4 is 4.74 Å². The number of rotatable bonds is 2. The van der Waals surface area contributed by atoms with Gasteiger partial charge in [0.2, 0.25) is 0 Å². The van der Waals surface area contributed by atoms with Crippen LogP contribution >= 0.6 is 0 Å². The number of benzene rings is 1. The lowest BCUT2D eigenvalue weighted by atomic mass is 10.1. The van der Waals surface area contributed by atoms with Crippen molar-refractivity contribution in [2.24, 2.45) is 0 Å². The third-order valence-corrected chi connectivity index (χ3v) is 2.15. The fraction of sp³-hybridized carbons (Fsp3) is 0.0833. The highest BCUT2D eigenvalue weighted by molar-refractivity contribution is 5.64. The van der Waals surface area contributed by atoms with Gasteiger partial charge in [0.05, 0.1) is 13.3 Å². The second-order valence-corrected chi connectivity index (χ2v) is 3.07. The molecular formula is C12H10FNO. The van der Waals surface area contributed by atoms with Crippen molar-refractivity contribution in [3.8, 4) is 16.9 Å². The summed E-state index contributed by atoms with van der Waals surface area (Å²) in [5, 5.41) is 0. The van der Waals surface area contributed by atoms with E-state index in [1.807, 2.05) is 30.3 Å². The van der Waals surface area contributed by atoms with Crippen LogP contribution in [-0.2, 0) is 0 Å². The second kappa shape index (κ2) is 4.09. The van der Waals surface area contributed by atoms with Gasteiger partial charge in [0.15, 0.2) is 11.6 Å². The Morgan fingerprint density at radius 3 is 2.53 bits per heavy atom. The summed E-state index contributed by atoms with van der Waals surface area (Å²) in [6.07, 6.45) is 2.86.